The van der Waals surface area contributed by atoms with Gasteiger partial charge in [0.15, 0.2) is 0 Å². The predicted octanol–water partition coefficient (Wildman–Crippen LogP) is 2.55. The number of aryl methyl sites for hydroxylation is 1. The molecule has 2 N–H and O–H groups in total. The van der Waals surface area contributed by atoms with E-state index in [9.17, 15) is 9.59 Å². The molecular formula is C17H16N4O2S. The van der Waals surface area contributed by atoms with E-state index in [0.717, 1.165) is 33.1 Å². The summed E-state index contributed by atoms with van der Waals surface area (Å²) in [5, 5.41) is 10.0. The van der Waals surface area contributed by atoms with Gasteiger partial charge in [-0.05, 0) is 29.7 Å². The standard InChI is InChI=1S/C17H16N4O2S/c1-9-6-14(23)20-21-15(9)11-7-10-2-3-13(22)19-16(10)12(8-11)17-18-4-5-24-17/h4-5,7-9H,2-3,6H2,1H3,(H,19,22)(H,20,23). The quantitative estimate of drug-likeness (QED) is 0.881. The molecule has 24 heavy (non-hydrogen) atoms. The molecule has 2 aromatic rings. The van der Waals surface area contributed by atoms with Crippen LogP contribution in [0.15, 0.2) is 28.8 Å². The van der Waals surface area contributed by atoms with Gasteiger partial charge in [-0.3, -0.25) is 9.59 Å². The van der Waals surface area contributed by atoms with Gasteiger partial charge in [0.25, 0.3) is 0 Å². The number of carbonyl (C=O) groups excluding carboxylic acids is 2. The van der Waals surface area contributed by atoms with Gasteiger partial charge in [0.1, 0.15) is 5.01 Å². The molecule has 0 saturated heterocycles. The fourth-order valence-corrected chi connectivity index (χ4v) is 3.83. The van der Waals surface area contributed by atoms with Gasteiger partial charge in [-0.25, -0.2) is 10.4 Å². The van der Waals surface area contributed by atoms with Crippen LogP contribution >= 0.6 is 11.3 Å². The fraction of sp³-hybridized carbons (Fsp3) is 0.294. The zero-order valence-electron chi connectivity index (χ0n) is 13.1. The molecule has 0 radical (unpaired) electrons. The number of aromatic nitrogens is 1. The largest absolute Gasteiger partial charge is 0.325 e. The first kappa shape index (κ1) is 15.0. The van der Waals surface area contributed by atoms with Gasteiger partial charge in [-0.2, -0.15) is 5.10 Å². The Morgan fingerprint density at radius 2 is 2.08 bits per heavy atom. The Kier molecular flexibility index (Phi) is 3.65. The Balaban J connectivity index is 1.87. The molecule has 0 saturated carbocycles. The van der Waals surface area contributed by atoms with Crippen LogP contribution in [0.1, 0.15) is 30.9 Å². The Labute approximate surface area is 143 Å². The number of hydrogen-bond donors (Lipinski definition) is 2. The molecule has 3 heterocycles. The number of hydrogen-bond acceptors (Lipinski definition) is 5. The van der Waals surface area contributed by atoms with Crippen LogP contribution in [0.25, 0.3) is 10.6 Å². The summed E-state index contributed by atoms with van der Waals surface area (Å²) in [7, 11) is 0. The van der Waals surface area contributed by atoms with Gasteiger partial charge in [0, 0.05) is 35.9 Å². The number of nitrogens with one attached hydrogen (secondary N) is 2. The number of anilines is 1. The van der Waals surface area contributed by atoms with E-state index in [1.165, 1.54) is 11.3 Å². The molecule has 1 atom stereocenters. The van der Waals surface area contributed by atoms with Crippen LogP contribution in [0, 0.1) is 5.92 Å². The van der Waals surface area contributed by atoms with Crippen LogP contribution in [0.4, 0.5) is 5.69 Å². The molecule has 6 nitrogen and oxygen atoms in total. The van der Waals surface area contributed by atoms with Gasteiger partial charge in [-0.1, -0.05) is 6.92 Å². The second-order valence-corrected chi connectivity index (χ2v) is 6.98. The molecule has 0 spiro atoms. The van der Waals surface area contributed by atoms with Crippen molar-refractivity contribution < 1.29 is 9.59 Å². The second kappa shape index (κ2) is 5.83. The van der Waals surface area contributed by atoms with Crippen molar-refractivity contribution in [3.63, 3.8) is 0 Å². The first-order valence-corrected chi connectivity index (χ1v) is 8.73. The molecule has 1 aromatic heterocycles. The lowest BCUT2D eigenvalue weighted by Gasteiger charge is -2.24. The van der Waals surface area contributed by atoms with Crippen LogP contribution < -0.4 is 10.7 Å². The SMILES string of the molecule is CC1CC(=O)NN=C1c1cc2c(c(-c3nccs3)c1)NC(=O)CC2. The number of thiazole rings is 1. The van der Waals surface area contributed by atoms with Crippen molar-refractivity contribution in [3.8, 4) is 10.6 Å². The van der Waals surface area contributed by atoms with Crippen LogP contribution in [-0.2, 0) is 16.0 Å². The molecule has 122 valence electrons. The van der Waals surface area contributed by atoms with E-state index >= 15 is 0 Å². The van der Waals surface area contributed by atoms with Gasteiger partial charge in [-0.15, -0.1) is 11.3 Å². The smallest absolute Gasteiger partial charge is 0.240 e. The summed E-state index contributed by atoms with van der Waals surface area (Å²) in [4.78, 5) is 27.7. The van der Waals surface area contributed by atoms with Crippen LogP contribution in [0.2, 0.25) is 0 Å². The summed E-state index contributed by atoms with van der Waals surface area (Å²) in [5.41, 5.74) is 7.26. The molecule has 0 aliphatic carbocycles. The third-order valence-electron chi connectivity index (χ3n) is 4.32. The highest BCUT2D eigenvalue weighted by molar-refractivity contribution is 7.13. The van der Waals surface area contributed by atoms with Crippen molar-refractivity contribution in [2.75, 3.05) is 5.32 Å². The molecule has 0 fully saturated rings. The summed E-state index contributed by atoms with van der Waals surface area (Å²) < 4.78 is 0. The van der Waals surface area contributed by atoms with Crippen molar-refractivity contribution in [2.45, 2.75) is 26.2 Å². The number of carbonyl (C=O) groups is 2. The molecule has 7 heteroatoms. The van der Waals surface area contributed by atoms with Crippen molar-refractivity contribution in [1.82, 2.24) is 10.4 Å². The predicted molar refractivity (Wildman–Crippen MR) is 93.0 cm³/mol. The van der Waals surface area contributed by atoms with E-state index < -0.39 is 0 Å². The summed E-state index contributed by atoms with van der Waals surface area (Å²) in [6, 6.07) is 4.08. The average Bonchev–Trinajstić information content (AvgIpc) is 3.08. The molecule has 0 bridgehead atoms. The van der Waals surface area contributed by atoms with Crippen molar-refractivity contribution >= 4 is 34.6 Å². The van der Waals surface area contributed by atoms with Crippen molar-refractivity contribution in [3.05, 3.63) is 34.8 Å². The number of amides is 2. The lowest BCUT2D eigenvalue weighted by atomic mass is 9.89. The normalized spacial score (nSPS) is 20.0. The second-order valence-electron chi connectivity index (χ2n) is 6.08. The van der Waals surface area contributed by atoms with Crippen LogP contribution in [0.5, 0.6) is 0 Å². The number of hydrazone groups is 1. The van der Waals surface area contributed by atoms with Gasteiger partial charge < -0.3 is 5.32 Å². The van der Waals surface area contributed by atoms with E-state index in [1.807, 2.05) is 18.4 Å². The maximum atomic E-state index is 11.8. The van der Waals surface area contributed by atoms with Crippen molar-refractivity contribution in [2.24, 2.45) is 11.0 Å². The van der Waals surface area contributed by atoms with Gasteiger partial charge in [0.2, 0.25) is 11.8 Å². The minimum atomic E-state index is -0.0587. The molecule has 1 aromatic carbocycles. The first-order valence-electron chi connectivity index (χ1n) is 7.85. The number of rotatable bonds is 2. The maximum absolute atomic E-state index is 11.8. The monoisotopic (exact) mass is 340 g/mol. The topological polar surface area (TPSA) is 83.4 Å². The average molecular weight is 340 g/mol. The third kappa shape index (κ3) is 2.60. The minimum absolute atomic E-state index is 0.0312. The highest BCUT2D eigenvalue weighted by atomic mass is 32.1. The van der Waals surface area contributed by atoms with Gasteiger partial charge in [0.05, 0.1) is 11.4 Å². The van der Waals surface area contributed by atoms with E-state index in [-0.39, 0.29) is 17.7 Å². The Bertz CT molecular complexity index is 858. The number of benzene rings is 1. The Morgan fingerprint density at radius 1 is 1.21 bits per heavy atom. The molecule has 2 aliphatic rings. The van der Waals surface area contributed by atoms with E-state index in [1.54, 1.807) is 6.20 Å². The van der Waals surface area contributed by atoms with E-state index in [0.29, 0.717) is 19.3 Å². The summed E-state index contributed by atoms with van der Waals surface area (Å²) in [5.74, 6) is 0.0273. The molecular weight excluding hydrogens is 324 g/mol. The minimum Gasteiger partial charge on any atom is -0.325 e. The first-order chi connectivity index (χ1) is 11.6. The van der Waals surface area contributed by atoms with Crippen LogP contribution in [-0.4, -0.2) is 22.5 Å². The summed E-state index contributed by atoms with van der Waals surface area (Å²) in [6.45, 7) is 2.00. The molecule has 4 rings (SSSR count). The molecule has 2 aliphatic heterocycles. The summed E-state index contributed by atoms with van der Waals surface area (Å²) in [6.07, 6.45) is 3.36. The maximum Gasteiger partial charge on any atom is 0.240 e. The Morgan fingerprint density at radius 3 is 2.83 bits per heavy atom. The number of fused-ring (bicyclic) bond motifs is 1. The lowest BCUT2D eigenvalue weighted by molar-refractivity contribution is -0.122. The van der Waals surface area contributed by atoms with Gasteiger partial charge >= 0.3 is 0 Å². The zero-order chi connectivity index (χ0) is 16.7. The Hall–Kier alpha value is -2.54. The number of nitrogens with zero attached hydrogens (tertiary/aromatic N) is 2. The molecule has 2 amide bonds. The highest BCUT2D eigenvalue weighted by Crippen LogP contribution is 2.37. The lowest BCUT2D eigenvalue weighted by Crippen LogP contribution is -2.32. The summed E-state index contributed by atoms with van der Waals surface area (Å²) >= 11 is 1.53. The van der Waals surface area contributed by atoms with E-state index in [2.05, 4.69) is 26.9 Å². The van der Waals surface area contributed by atoms with Crippen molar-refractivity contribution in [1.29, 1.82) is 0 Å². The van der Waals surface area contributed by atoms with E-state index in [4.69, 9.17) is 0 Å². The highest BCUT2D eigenvalue weighted by Gasteiger charge is 2.26. The zero-order valence-corrected chi connectivity index (χ0v) is 13.9. The fourth-order valence-electron chi connectivity index (χ4n) is 3.17. The van der Waals surface area contributed by atoms with Crippen LogP contribution in [0.3, 0.4) is 0 Å². The molecule has 1 unspecified atom stereocenters. The third-order valence-corrected chi connectivity index (χ3v) is 5.13.